The van der Waals surface area contributed by atoms with Crippen LogP contribution in [-0.2, 0) is 15.0 Å². The average molecular weight is 583 g/mol. The fraction of sp³-hybridized carbons (Fsp3) is 0.333. The molecule has 1 aliphatic heterocycles. The number of urea groups is 1. The van der Waals surface area contributed by atoms with Crippen LogP contribution < -0.4 is 10.6 Å². The molecule has 9 nitrogen and oxygen atoms in total. The number of anilines is 1. The van der Waals surface area contributed by atoms with E-state index in [4.69, 9.17) is 4.74 Å². The molecule has 1 saturated heterocycles. The molecular formula is C30H35FN4O5S. The van der Waals surface area contributed by atoms with Crippen molar-refractivity contribution in [3.8, 4) is 0 Å². The number of ether oxygens (including phenoxy) is 1. The van der Waals surface area contributed by atoms with Gasteiger partial charge in [-0.25, -0.2) is 9.59 Å². The van der Waals surface area contributed by atoms with Gasteiger partial charge in [0, 0.05) is 31.9 Å². The Kier molecular flexibility index (Phi) is 9.29. The first kappa shape index (κ1) is 30.0. The molecule has 0 aliphatic carbocycles. The second kappa shape index (κ2) is 12.7. The van der Waals surface area contributed by atoms with E-state index in [0.717, 1.165) is 23.3 Å². The third-order valence-corrected chi connectivity index (χ3v) is 7.49. The second-order valence-corrected chi connectivity index (χ2v) is 12.2. The van der Waals surface area contributed by atoms with Gasteiger partial charge in [-0.2, -0.15) is 8.42 Å². The Morgan fingerprint density at radius 1 is 0.829 bits per heavy atom. The molecule has 3 amide bonds. The quantitative estimate of drug-likeness (QED) is 0.356. The molecule has 1 aliphatic rings. The van der Waals surface area contributed by atoms with Gasteiger partial charge in [0.05, 0.1) is 17.0 Å². The highest BCUT2D eigenvalue weighted by Gasteiger charge is 2.35. The first-order valence-electron chi connectivity index (χ1n) is 13.3. The number of hydrogen-bond donors (Lipinski definition) is 2. The minimum atomic E-state index is -4.84. The van der Waals surface area contributed by atoms with Crippen LogP contribution in [-0.4, -0.2) is 62.1 Å². The zero-order chi connectivity index (χ0) is 29.6. The van der Waals surface area contributed by atoms with Gasteiger partial charge in [0.2, 0.25) is 0 Å². The number of carbonyl (C=O) groups is 2. The van der Waals surface area contributed by atoms with Crippen LogP contribution in [0.1, 0.15) is 44.0 Å². The summed E-state index contributed by atoms with van der Waals surface area (Å²) in [6.45, 7) is 7.57. The van der Waals surface area contributed by atoms with Gasteiger partial charge in [-0.05, 0) is 56.2 Å². The van der Waals surface area contributed by atoms with Crippen molar-refractivity contribution in [3.05, 3.63) is 96.1 Å². The Hall–Kier alpha value is -3.96. The summed E-state index contributed by atoms with van der Waals surface area (Å²) < 4.78 is 41.1. The van der Waals surface area contributed by atoms with Gasteiger partial charge in [-0.3, -0.25) is 4.90 Å². The van der Waals surface area contributed by atoms with Crippen molar-refractivity contribution in [1.29, 1.82) is 0 Å². The van der Waals surface area contributed by atoms with Gasteiger partial charge in [0.1, 0.15) is 5.60 Å². The summed E-state index contributed by atoms with van der Waals surface area (Å²) in [5, 5.41) is 5.82. The van der Waals surface area contributed by atoms with Gasteiger partial charge in [0.15, 0.2) is 0 Å². The third-order valence-electron chi connectivity index (χ3n) is 6.66. The van der Waals surface area contributed by atoms with Crippen LogP contribution in [0.3, 0.4) is 0 Å². The van der Waals surface area contributed by atoms with Gasteiger partial charge in [0.25, 0.3) is 0 Å². The highest BCUT2D eigenvalue weighted by atomic mass is 32.3. The molecule has 218 valence electrons. The van der Waals surface area contributed by atoms with E-state index >= 15 is 0 Å². The Morgan fingerprint density at radius 2 is 1.37 bits per heavy atom. The summed E-state index contributed by atoms with van der Waals surface area (Å²) in [4.78, 5) is 29.4. The SMILES string of the molecule is CC(C)(C)OC(=O)N1CCN([C@@H](c2ccccc2)[C@H](NC(=O)Nc2ccc(S(=O)(=O)F)cc2)c2ccccc2)CC1. The molecule has 3 aromatic rings. The van der Waals surface area contributed by atoms with Crippen molar-refractivity contribution < 1.29 is 26.6 Å². The molecule has 0 saturated carbocycles. The Labute approximate surface area is 240 Å². The fourth-order valence-electron chi connectivity index (χ4n) is 4.79. The van der Waals surface area contributed by atoms with Crippen LogP contribution in [0.25, 0.3) is 0 Å². The minimum absolute atomic E-state index is 0.274. The monoisotopic (exact) mass is 582 g/mol. The standard InChI is InChI=1S/C30H35FN4O5S/c1-30(2,3)40-29(37)35-20-18-34(19-21-35)27(23-12-8-5-9-13-23)26(22-10-6-4-7-11-22)33-28(36)32-24-14-16-25(17-15-24)41(31,38)39/h4-17,26-27H,18-21H2,1-3H3,(H2,32,33,36)/t26-,27+/m1/s1. The summed E-state index contributed by atoms with van der Waals surface area (Å²) in [7, 11) is -4.84. The number of rotatable bonds is 7. The normalized spacial score (nSPS) is 16.0. The summed E-state index contributed by atoms with van der Waals surface area (Å²) in [5.41, 5.74) is 1.59. The molecular weight excluding hydrogens is 547 g/mol. The Morgan fingerprint density at radius 3 is 1.88 bits per heavy atom. The Balaban J connectivity index is 1.58. The predicted molar refractivity (Wildman–Crippen MR) is 155 cm³/mol. The lowest BCUT2D eigenvalue weighted by atomic mass is 9.91. The van der Waals surface area contributed by atoms with E-state index in [2.05, 4.69) is 15.5 Å². The maximum absolute atomic E-state index is 13.3. The number of amides is 3. The zero-order valence-electron chi connectivity index (χ0n) is 23.3. The molecule has 0 unspecified atom stereocenters. The molecule has 2 atom stereocenters. The number of hydrogen-bond acceptors (Lipinski definition) is 6. The van der Waals surface area contributed by atoms with E-state index in [-0.39, 0.29) is 12.1 Å². The van der Waals surface area contributed by atoms with Crippen molar-refractivity contribution in [1.82, 2.24) is 15.1 Å². The van der Waals surface area contributed by atoms with Crippen molar-refractivity contribution in [2.24, 2.45) is 0 Å². The molecule has 4 rings (SSSR count). The lowest BCUT2D eigenvalue weighted by Crippen LogP contribution is -2.53. The maximum Gasteiger partial charge on any atom is 0.410 e. The van der Waals surface area contributed by atoms with Gasteiger partial charge in [-0.1, -0.05) is 60.7 Å². The molecule has 1 fully saturated rings. The van der Waals surface area contributed by atoms with Crippen molar-refractivity contribution in [2.75, 3.05) is 31.5 Å². The molecule has 0 bridgehead atoms. The fourth-order valence-corrected chi connectivity index (χ4v) is 5.25. The van der Waals surface area contributed by atoms with Crippen LogP contribution in [0.2, 0.25) is 0 Å². The van der Waals surface area contributed by atoms with Gasteiger partial charge in [-0.15, -0.1) is 3.89 Å². The van der Waals surface area contributed by atoms with Crippen LogP contribution >= 0.6 is 0 Å². The van der Waals surface area contributed by atoms with Gasteiger partial charge < -0.3 is 20.3 Å². The molecule has 1 heterocycles. The van der Waals surface area contributed by atoms with E-state index in [9.17, 15) is 21.9 Å². The van der Waals surface area contributed by atoms with Gasteiger partial charge >= 0.3 is 22.3 Å². The molecule has 0 aromatic heterocycles. The molecule has 0 radical (unpaired) electrons. The first-order valence-corrected chi connectivity index (χ1v) is 14.7. The number of benzene rings is 3. The zero-order valence-corrected chi connectivity index (χ0v) is 24.1. The largest absolute Gasteiger partial charge is 0.444 e. The molecule has 11 heteroatoms. The number of nitrogens with zero attached hydrogens (tertiary/aromatic N) is 2. The number of carbonyl (C=O) groups excluding carboxylic acids is 2. The third kappa shape index (κ3) is 8.27. The summed E-state index contributed by atoms with van der Waals surface area (Å²) in [5.74, 6) is 0. The van der Waals surface area contributed by atoms with E-state index in [0.29, 0.717) is 31.9 Å². The molecule has 3 aromatic carbocycles. The minimum Gasteiger partial charge on any atom is -0.444 e. The van der Waals surface area contributed by atoms with Crippen LogP contribution in [0.15, 0.2) is 89.8 Å². The van der Waals surface area contributed by atoms with Crippen molar-refractivity contribution in [2.45, 2.75) is 43.4 Å². The highest BCUT2D eigenvalue weighted by molar-refractivity contribution is 7.86. The maximum atomic E-state index is 13.3. The lowest BCUT2D eigenvalue weighted by Gasteiger charge is -2.43. The lowest BCUT2D eigenvalue weighted by molar-refractivity contribution is 0.00817. The van der Waals surface area contributed by atoms with Crippen LogP contribution in [0, 0.1) is 0 Å². The van der Waals surface area contributed by atoms with E-state index in [1.807, 2.05) is 81.4 Å². The number of piperazine rings is 1. The first-order chi connectivity index (χ1) is 19.4. The average Bonchev–Trinajstić information content (AvgIpc) is 2.93. The highest BCUT2D eigenvalue weighted by Crippen LogP contribution is 2.35. The van der Waals surface area contributed by atoms with Crippen LogP contribution in [0.4, 0.5) is 19.2 Å². The van der Waals surface area contributed by atoms with Crippen molar-refractivity contribution >= 4 is 28.0 Å². The Bertz CT molecular complexity index is 1420. The smallest absolute Gasteiger partial charge is 0.410 e. The number of nitrogens with one attached hydrogen (secondary N) is 2. The summed E-state index contributed by atoms with van der Waals surface area (Å²) in [6.07, 6.45) is -0.350. The van der Waals surface area contributed by atoms with E-state index in [1.54, 1.807) is 4.90 Å². The van der Waals surface area contributed by atoms with Crippen molar-refractivity contribution in [3.63, 3.8) is 0 Å². The van der Waals surface area contributed by atoms with E-state index in [1.165, 1.54) is 12.1 Å². The summed E-state index contributed by atoms with van der Waals surface area (Å²) >= 11 is 0. The second-order valence-electron chi connectivity index (χ2n) is 10.8. The predicted octanol–water partition coefficient (Wildman–Crippen LogP) is 5.50. The molecule has 2 N–H and O–H groups in total. The molecule has 41 heavy (non-hydrogen) atoms. The summed E-state index contributed by atoms with van der Waals surface area (Å²) in [6, 6.07) is 23.0. The topological polar surface area (TPSA) is 108 Å². The van der Waals surface area contributed by atoms with E-state index < -0.39 is 32.8 Å². The molecule has 0 spiro atoms. The van der Waals surface area contributed by atoms with Crippen LogP contribution in [0.5, 0.6) is 0 Å². The number of halogens is 1.